The lowest BCUT2D eigenvalue weighted by Gasteiger charge is -2.42. The van der Waals surface area contributed by atoms with Crippen LogP contribution in [0.25, 0.3) is 0 Å². The van der Waals surface area contributed by atoms with Crippen LogP contribution in [0.3, 0.4) is 0 Å². The second-order valence-electron chi connectivity index (χ2n) is 8.15. The Labute approximate surface area is 181 Å². The van der Waals surface area contributed by atoms with Crippen molar-refractivity contribution in [3.05, 3.63) is 71.8 Å². The second-order valence-corrected chi connectivity index (χ2v) is 13.2. The van der Waals surface area contributed by atoms with Gasteiger partial charge in [0.15, 0.2) is 0 Å². The zero-order chi connectivity index (χ0) is 20.8. The fourth-order valence-electron chi connectivity index (χ4n) is 4.07. The van der Waals surface area contributed by atoms with Gasteiger partial charge in [0.1, 0.15) is 0 Å². The Kier molecular flexibility index (Phi) is 8.49. The molecule has 2 atom stereocenters. The summed E-state index contributed by atoms with van der Waals surface area (Å²) in [6.07, 6.45) is 10.1. The van der Waals surface area contributed by atoms with Crippen molar-refractivity contribution in [3.8, 4) is 0 Å². The first kappa shape index (κ1) is 22.7. The first-order chi connectivity index (χ1) is 14.1. The molecule has 1 aliphatic heterocycles. The lowest BCUT2D eigenvalue weighted by Crippen LogP contribution is -2.30. The summed E-state index contributed by atoms with van der Waals surface area (Å²) in [5.41, 5.74) is 4.15. The predicted molar refractivity (Wildman–Crippen MR) is 134 cm³/mol. The van der Waals surface area contributed by atoms with Crippen LogP contribution in [-0.4, -0.2) is 22.3 Å². The van der Waals surface area contributed by atoms with E-state index in [1.54, 1.807) is 0 Å². The lowest BCUT2D eigenvalue weighted by molar-refractivity contribution is 0.629. The van der Waals surface area contributed by atoms with Gasteiger partial charge in [-0.15, -0.1) is 0 Å². The maximum absolute atomic E-state index is 2.98. The molecule has 0 radical (unpaired) electrons. The second kappa shape index (κ2) is 10.9. The van der Waals surface area contributed by atoms with Crippen LogP contribution >= 0.6 is 16.1 Å². The molecule has 0 bridgehead atoms. The predicted octanol–water partition coefficient (Wildman–Crippen LogP) is 7.28. The fourth-order valence-corrected chi connectivity index (χ4v) is 11.2. The van der Waals surface area contributed by atoms with Gasteiger partial charge < -0.3 is 0 Å². The van der Waals surface area contributed by atoms with Crippen LogP contribution in [0.4, 0.5) is 0 Å². The van der Waals surface area contributed by atoms with E-state index >= 15 is 0 Å². The molecule has 1 aliphatic rings. The largest absolute Gasteiger partial charge is 0.251 e. The van der Waals surface area contributed by atoms with Crippen LogP contribution in [0.2, 0.25) is 0 Å². The van der Waals surface area contributed by atoms with E-state index in [1.807, 2.05) is 0 Å². The summed E-state index contributed by atoms with van der Waals surface area (Å²) in [6.45, 7) is 12.7. The monoisotopic (exact) mass is 425 g/mol. The van der Waals surface area contributed by atoms with Crippen LogP contribution in [-0.2, 0) is 0 Å². The van der Waals surface area contributed by atoms with Gasteiger partial charge in [0.25, 0.3) is 0 Å². The quantitative estimate of drug-likeness (QED) is 0.301. The molecular weight excluding hydrogens is 388 g/mol. The van der Waals surface area contributed by atoms with Crippen molar-refractivity contribution in [1.29, 1.82) is 0 Å². The minimum Gasteiger partial charge on any atom is -0.251 e. The molecule has 0 N–H and O–H groups in total. The number of benzene rings is 2. The Hall–Kier alpha value is -1.00. The van der Waals surface area contributed by atoms with Crippen LogP contribution < -0.4 is 10.6 Å². The van der Waals surface area contributed by atoms with E-state index < -0.39 is 8.07 Å². The van der Waals surface area contributed by atoms with Crippen molar-refractivity contribution in [1.82, 2.24) is 4.44 Å². The summed E-state index contributed by atoms with van der Waals surface area (Å²) in [5.74, 6) is 0. The van der Waals surface area contributed by atoms with Gasteiger partial charge in [-0.1, -0.05) is 99.0 Å². The molecule has 3 rings (SSSR count). The van der Waals surface area contributed by atoms with Crippen LogP contribution in [0.15, 0.2) is 60.7 Å². The lowest BCUT2D eigenvalue weighted by atomic mass is 10.2. The first-order valence-corrected chi connectivity index (χ1v) is 14.0. The van der Waals surface area contributed by atoms with Gasteiger partial charge >= 0.3 is 0 Å². The van der Waals surface area contributed by atoms with E-state index in [2.05, 4.69) is 99.7 Å². The maximum Gasteiger partial charge on any atom is 0.0318 e. The number of rotatable bonds is 9. The molecule has 0 fully saturated rings. The molecule has 3 heteroatoms. The minimum absolute atomic E-state index is 0.198. The Morgan fingerprint density at radius 2 is 1.21 bits per heavy atom. The number of hydrogen-bond acceptors (Lipinski definition) is 1. The van der Waals surface area contributed by atoms with Crippen molar-refractivity contribution >= 4 is 26.8 Å². The van der Waals surface area contributed by atoms with E-state index in [1.165, 1.54) is 54.0 Å². The number of unbranched alkanes of at least 4 members (excludes halogenated alkanes) is 1. The molecule has 29 heavy (non-hydrogen) atoms. The molecule has 1 nitrogen and oxygen atoms in total. The molecule has 0 unspecified atom stereocenters. The number of hydrogen-bond donors (Lipinski definition) is 0. The van der Waals surface area contributed by atoms with Crippen LogP contribution in [0.5, 0.6) is 0 Å². The van der Waals surface area contributed by atoms with Crippen LogP contribution in [0, 0.1) is 13.8 Å². The van der Waals surface area contributed by atoms with E-state index in [-0.39, 0.29) is 8.07 Å². The molecule has 2 aromatic rings. The minimum atomic E-state index is -0.504. The van der Waals surface area contributed by atoms with E-state index in [4.69, 9.17) is 0 Å². The number of aryl methyl sites for hydroxylation is 2. The molecule has 156 valence electrons. The third-order valence-electron chi connectivity index (χ3n) is 5.84. The normalized spacial score (nSPS) is 19.6. The molecule has 1 heterocycles. The summed E-state index contributed by atoms with van der Waals surface area (Å²) in [4.78, 5) is 0. The van der Waals surface area contributed by atoms with Crippen molar-refractivity contribution in [2.24, 2.45) is 0 Å². The van der Waals surface area contributed by atoms with Gasteiger partial charge in [-0.25, -0.2) is 0 Å². The number of allylic oxidation sites excluding steroid dienone is 2. The van der Waals surface area contributed by atoms with Gasteiger partial charge in [-0.3, -0.25) is 4.44 Å². The molecule has 0 saturated carbocycles. The Morgan fingerprint density at radius 3 is 1.59 bits per heavy atom. The average Bonchev–Trinajstić information content (AvgIpc) is 3.16. The number of nitrogens with zero attached hydrogens (tertiary/aromatic N) is 1. The molecule has 0 spiro atoms. The first-order valence-electron chi connectivity index (χ1n) is 11.3. The van der Waals surface area contributed by atoms with Crippen molar-refractivity contribution in [3.63, 3.8) is 0 Å². The highest BCUT2D eigenvalue weighted by molar-refractivity contribution is 7.80. The zero-order valence-corrected chi connectivity index (χ0v) is 20.6. The standard InChI is InChI=1S/C26H37NP2/c1-6-9-20-27(28-23(7-2)18-19-24(28)8-3)29(25-14-10-21(4)11-15-25)26-16-12-22(5)13-17-26/h10-19,23-24H,6-9,20H2,1-5H3/t23-,24-/m1/s1. The van der Waals surface area contributed by atoms with Crippen molar-refractivity contribution in [2.75, 3.05) is 6.54 Å². The Bertz CT molecular complexity index is 722. The molecule has 0 amide bonds. The van der Waals surface area contributed by atoms with Gasteiger partial charge in [0.2, 0.25) is 0 Å². The highest BCUT2D eigenvalue weighted by atomic mass is 31.2. The van der Waals surface area contributed by atoms with Gasteiger partial charge in [0.05, 0.1) is 0 Å². The van der Waals surface area contributed by atoms with Gasteiger partial charge in [0, 0.05) is 25.9 Å². The van der Waals surface area contributed by atoms with Crippen LogP contribution in [0.1, 0.15) is 57.6 Å². The SMILES string of the molecule is CCCCN(P(c1ccc(C)cc1)c1ccc(C)cc1)P1[C@H](CC)C=C[C@H]1CC. The molecule has 0 aliphatic carbocycles. The Morgan fingerprint density at radius 1 is 0.759 bits per heavy atom. The zero-order valence-electron chi connectivity index (χ0n) is 18.8. The van der Waals surface area contributed by atoms with Crippen molar-refractivity contribution < 1.29 is 0 Å². The summed E-state index contributed by atoms with van der Waals surface area (Å²) in [6, 6.07) is 18.7. The van der Waals surface area contributed by atoms with E-state index in [0.29, 0.717) is 0 Å². The van der Waals surface area contributed by atoms with Gasteiger partial charge in [-0.05, 0) is 51.8 Å². The third-order valence-corrected chi connectivity index (χ3v) is 12.4. The summed E-state index contributed by atoms with van der Waals surface area (Å²) >= 11 is 0. The third kappa shape index (κ3) is 5.38. The average molecular weight is 426 g/mol. The van der Waals surface area contributed by atoms with Gasteiger partial charge in [-0.2, -0.15) is 0 Å². The fraction of sp³-hybridized carbons (Fsp3) is 0.462. The molecular formula is C26H37NP2. The highest BCUT2D eigenvalue weighted by Gasteiger charge is 2.38. The summed E-state index contributed by atoms with van der Waals surface area (Å²) < 4.78 is 2.98. The van der Waals surface area contributed by atoms with E-state index in [9.17, 15) is 0 Å². The Balaban J connectivity index is 2.09. The molecule has 2 aromatic carbocycles. The van der Waals surface area contributed by atoms with Crippen molar-refractivity contribution in [2.45, 2.75) is 71.6 Å². The summed E-state index contributed by atoms with van der Waals surface area (Å²) in [5, 5.41) is 3.01. The highest BCUT2D eigenvalue weighted by Crippen LogP contribution is 2.64. The molecule has 0 saturated heterocycles. The summed E-state index contributed by atoms with van der Waals surface area (Å²) in [7, 11) is -0.702. The smallest absolute Gasteiger partial charge is 0.0318 e. The topological polar surface area (TPSA) is 3.24 Å². The maximum atomic E-state index is 2.98. The molecule has 0 aromatic heterocycles. The van der Waals surface area contributed by atoms with E-state index in [0.717, 1.165) is 11.3 Å².